The minimum absolute atomic E-state index is 0.604. The summed E-state index contributed by atoms with van der Waals surface area (Å²) in [4.78, 5) is 10.3. The van der Waals surface area contributed by atoms with Crippen LogP contribution in [0.15, 0.2) is 11.9 Å². The number of esters is 1. The minimum Gasteiger partial charge on any atom is -0.458 e. The molecule has 2 nitrogen and oxygen atoms in total. The maximum Gasteiger partial charge on any atom is 0.373 e. The Morgan fingerprint density at radius 2 is 1.73 bits per heavy atom. The number of ether oxygens (including phenoxy) is 1. The third kappa shape index (κ3) is 3.64. The quantitative estimate of drug-likeness (QED) is 0.465. The van der Waals surface area contributed by atoms with Gasteiger partial charge in [-0.2, -0.15) is 13.2 Å². The van der Waals surface area contributed by atoms with Gasteiger partial charge in [0.1, 0.15) is 0 Å². The van der Waals surface area contributed by atoms with Gasteiger partial charge in [-0.25, -0.2) is 4.79 Å². The molecule has 64 valence electrons. The Bertz CT molecular complexity index is 182. The minimum atomic E-state index is -2.66. The molecule has 0 atom stereocenters. The molecule has 0 aliphatic carbocycles. The number of hydrogen-bond acceptors (Lipinski definition) is 2. The van der Waals surface area contributed by atoms with Gasteiger partial charge in [-0.3, -0.25) is 0 Å². The third-order valence-corrected chi connectivity index (χ3v) is 0.688. The van der Waals surface area contributed by atoms with Crippen molar-refractivity contribution in [3.8, 4) is 0 Å². The van der Waals surface area contributed by atoms with Gasteiger partial charge in [0.15, 0.2) is 0 Å². The number of carbonyl (C=O) groups is 1. The molecule has 0 aromatic carbocycles. The van der Waals surface area contributed by atoms with Crippen LogP contribution in [0.1, 0.15) is 13.8 Å². The normalized spacial score (nSPS) is 9.64. The van der Waals surface area contributed by atoms with Gasteiger partial charge in [-0.1, -0.05) is 0 Å². The lowest BCUT2D eigenvalue weighted by Crippen LogP contribution is -2.11. The molecule has 0 radical (unpaired) electrons. The maximum atomic E-state index is 11.9. The standard InChI is InChI=1S/C6H7F3O2/c1-3(2)11-6(10)4(7)5(8)9/h3H,1-2H3. The van der Waals surface area contributed by atoms with Crippen LogP contribution >= 0.6 is 0 Å². The van der Waals surface area contributed by atoms with Crippen LogP contribution in [-0.2, 0) is 9.53 Å². The van der Waals surface area contributed by atoms with Crippen molar-refractivity contribution in [1.29, 1.82) is 0 Å². The highest BCUT2D eigenvalue weighted by Crippen LogP contribution is 2.11. The van der Waals surface area contributed by atoms with Crippen LogP contribution < -0.4 is 0 Å². The Morgan fingerprint density at radius 3 is 2.00 bits per heavy atom. The summed E-state index contributed by atoms with van der Waals surface area (Å²) in [6.45, 7) is 2.86. The molecule has 0 spiro atoms. The lowest BCUT2D eigenvalue weighted by atomic mass is 10.5. The summed E-state index contributed by atoms with van der Waals surface area (Å²) in [5.41, 5.74) is 0. The van der Waals surface area contributed by atoms with Crippen molar-refractivity contribution in [1.82, 2.24) is 0 Å². The Hall–Kier alpha value is -1.00. The van der Waals surface area contributed by atoms with E-state index in [1.807, 2.05) is 0 Å². The molecule has 0 amide bonds. The second-order valence-corrected chi connectivity index (χ2v) is 2.03. The van der Waals surface area contributed by atoms with Gasteiger partial charge in [0.25, 0.3) is 5.83 Å². The molecular formula is C6H7F3O2. The fourth-order valence-corrected chi connectivity index (χ4v) is 0.343. The molecule has 0 rings (SSSR count). The average molecular weight is 168 g/mol. The summed E-state index contributed by atoms with van der Waals surface area (Å²) in [5.74, 6) is -3.75. The van der Waals surface area contributed by atoms with Crippen LogP contribution in [-0.4, -0.2) is 12.1 Å². The molecule has 0 saturated heterocycles. The highest BCUT2D eigenvalue weighted by molar-refractivity contribution is 5.86. The van der Waals surface area contributed by atoms with Gasteiger partial charge in [0, 0.05) is 0 Å². The van der Waals surface area contributed by atoms with Crippen LogP contribution in [0.4, 0.5) is 13.2 Å². The predicted octanol–water partition coefficient (Wildman–Crippen LogP) is 2.02. The average Bonchev–Trinajstić information content (AvgIpc) is 1.84. The summed E-state index contributed by atoms with van der Waals surface area (Å²) in [6, 6.07) is 0. The predicted molar refractivity (Wildman–Crippen MR) is 31.6 cm³/mol. The van der Waals surface area contributed by atoms with Crippen LogP contribution in [0.25, 0.3) is 0 Å². The molecule has 5 heteroatoms. The van der Waals surface area contributed by atoms with Gasteiger partial charge in [0.2, 0.25) is 0 Å². The van der Waals surface area contributed by atoms with E-state index >= 15 is 0 Å². The summed E-state index contributed by atoms with van der Waals surface area (Å²) in [5, 5.41) is 0. The fraction of sp³-hybridized carbons (Fsp3) is 0.500. The molecule has 0 fully saturated rings. The molecule has 0 aromatic heterocycles. The van der Waals surface area contributed by atoms with Crippen molar-refractivity contribution in [2.45, 2.75) is 20.0 Å². The van der Waals surface area contributed by atoms with Crippen LogP contribution in [0.5, 0.6) is 0 Å². The Kier molecular flexibility index (Phi) is 3.64. The zero-order valence-electron chi connectivity index (χ0n) is 6.03. The summed E-state index contributed by atoms with van der Waals surface area (Å²) in [7, 11) is 0. The van der Waals surface area contributed by atoms with Crippen molar-refractivity contribution in [3.05, 3.63) is 11.9 Å². The van der Waals surface area contributed by atoms with Crippen LogP contribution in [0.2, 0.25) is 0 Å². The fourth-order valence-electron chi connectivity index (χ4n) is 0.343. The molecule has 0 saturated carbocycles. The number of carbonyl (C=O) groups excluding carboxylic acids is 1. The van der Waals surface area contributed by atoms with E-state index in [0.29, 0.717) is 0 Å². The van der Waals surface area contributed by atoms with Crippen LogP contribution in [0.3, 0.4) is 0 Å². The van der Waals surface area contributed by atoms with Gasteiger partial charge in [-0.15, -0.1) is 0 Å². The summed E-state index contributed by atoms with van der Waals surface area (Å²) >= 11 is 0. The SMILES string of the molecule is CC(C)OC(=O)C(F)=C(F)F. The van der Waals surface area contributed by atoms with E-state index < -0.39 is 24.0 Å². The lowest BCUT2D eigenvalue weighted by molar-refractivity contribution is -0.144. The highest BCUT2D eigenvalue weighted by atomic mass is 19.3. The molecule has 11 heavy (non-hydrogen) atoms. The zero-order valence-corrected chi connectivity index (χ0v) is 6.03. The first kappa shape index (κ1) is 10.0. The van der Waals surface area contributed by atoms with E-state index in [9.17, 15) is 18.0 Å². The van der Waals surface area contributed by atoms with Crippen molar-refractivity contribution < 1.29 is 22.7 Å². The number of rotatable bonds is 2. The van der Waals surface area contributed by atoms with E-state index in [-0.39, 0.29) is 0 Å². The van der Waals surface area contributed by atoms with Gasteiger partial charge >= 0.3 is 12.0 Å². The second kappa shape index (κ2) is 4.00. The topological polar surface area (TPSA) is 26.3 Å². The molecule has 0 heterocycles. The number of halogens is 3. The van der Waals surface area contributed by atoms with Crippen molar-refractivity contribution in [3.63, 3.8) is 0 Å². The lowest BCUT2D eigenvalue weighted by Gasteiger charge is -2.04. The molecule has 0 aromatic rings. The van der Waals surface area contributed by atoms with Crippen molar-refractivity contribution in [2.24, 2.45) is 0 Å². The molecule has 0 aliphatic rings. The zero-order chi connectivity index (χ0) is 9.02. The van der Waals surface area contributed by atoms with Crippen LogP contribution in [0, 0.1) is 0 Å². The molecule has 0 N–H and O–H groups in total. The summed E-state index contributed by atoms with van der Waals surface area (Å²) in [6.07, 6.45) is -3.26. The van der Waals surface area contributed by atoms with Crippen molar-refractivity contribution >= 4 is 5.97 Å². The smallest absolute Gasteiger partial charge is 0.373 e. The molecule has 0 aliphatic heterocycles. The Balaban J connectivity index is 4.17. The van der Waals surface area contributed by atoms with E-state index in [0.717, 1.165) is 0 Å². The second-order valence-electron chi connectivity index (χ2n) is 2.03. The van der Waals surface area contributed by atoms with Gasteiger partial charge in [0.05, 0.1) is 6.10 Å². The van der Waals surface area contributed by atoms with E-state index in [1.54, 1.807) is 0 Å². The number of hydrogen-bond donors (Lipinski definition) is 0. The molecular weight excluding hydrogens is 161 g/mol. The first-order valence-electron chi connectivity index (χ1n) is 2.87. The van der Waals surface area contributed by atoms with Crippen molar-refractivity contribution in [2.75, 3.05) is 0 Å². The Labute approximate surface area is 61.6 Å². The summed E-state index contributed by atoms with van der Waals surface area (Å²) < 4.78 is 38.7. The first-order valence-corrected chi connectivity index (χ1v) is 2.87. The van der Waals surface area contributed by atoms with E-state index in [4.69, 9.17) is 0 Å². The molecule has 0 bridgehead atoms. The van der Waals surface area contributed by atoms with Gasteiger partial charge < -0.3 is 4.74 Å². The third-order valence-electron chi connectivity index (χ3n) is 0.688. The Morgan fingerprint density at radius 1 is 1.27 bits per heavy atom. The first-order chi connectivity index (χ1) is 4.95. The van der Waals surface area contributed by atoms with E-state index in [1.165, 1.54) is 13.8 Å². The molecule has 0 unspecified atom stereocenters. The van der Waals surface area contributed by atoms with Gasteiger partial charge in [-0.05, 0) is 13.8 Å². The largest absolute Gasteiger partial charge is 0.458 e. The van der Waals surface area contributed by atoms with E-state index in [2.05, 4.69) is 4.74 Å². The monoisotopic (exact) mass is 168 g/mol. The highest BCUT2D eigenvalue weighted by Gasteiger charge is 2.18. The maximum absolute atomic E-state index is 11.9.